The van der Waals surface area contributed by atoms with E-state index >= 15 is 0 Å². The molecule has 2 amide bonds. The van der Waals surface area contributed by atoms with Crippen molar-refractivity contribution >= 4 is 47.6 Å². The molecule has 0 spiro atoms. The van der Waals surface area contributed by atoms with Crippen molar-refractivity contribution in [3.05, 3.63) is 29.8 Å². The fourth-order valence-electron chi connectivity index (χ4n) is 2.26. The Hall–Kier alpha value is -2.04. The molecule has 4 N–H and O–H groups in total. The lowest BCUT2D eigenvalue weighted by Gasteiger charge is -2.19. The van der Waals surface area contributed by atoms with Crippen LogP contribution in [0.1, 0.15) is 40.2 Å². The average molecular weight is 519 g/mol. The van der Waals surface area contributed by atoms with Crippen LogP contribution in [0.25, 0.3) is 0 Å². The van der Waals surface area contributed by atoms with Gasteiger partial charge in [0.25, 0.3) is 0 Å². The first-order valence-corrected chi connectivity index (χ1v) is 9.55. The van der Waals surface area contributed by atoms with Crippen LogP contribution in [-0.4, -0.2) is 49.7 Å². The predicted octanol–water partition coefficient (Wildman–Crippen LogP) is 2.89. The molecule has 1 rings (SSSR count). The molecule has 0 unspecified atom stereocenters. The maximum Gasteiger partial charge on any atom is 0.407 e. The Kier molecular flexibility index (Phi) is 13.0. The fraction of sp³-hybridized carbons (Fsp3) is 0.550. The number of amides is 2. The van der Waals surface area contributed by atoms with Crippen molar-refractivity contribution in [3.8, 4) is 0 Å². The molecule has 29 heavy (non-hydrogen) atoms. The van der Waals surface area contributed by atoms with Crippen molar-refractivity contribution < 1.29 is 14.3 Å². The molecule has 0 saturated carbocycles. The first-order chi connectivity index (χ1) is 13.2. The first-order valence-electron chi connectivity index (χ1n) is 9.55. The Morgan fingerprint density at radius 2 is 1.66 bits per heavy atom. The highest BCUT2D eigenvalue weighted by Crippen LogP contribution is 2.10. The number of nitrogens with one attached hydrogen (secondary N) is 4. The fourth-order valence-corrected chi connectivity index (χ4v) is 2.26. The molecule has 0 radical (unpaired) electrons. The summed E-state index contributed by atoms with van der Waals surface area (Å²) in [6, 6.07) is 7.72. The van der Waals surface area contributed by atoms with Gasteiger partial charge in [0.05, 0.1) is 0 Å². The Balaban J connectivity index is 0.00000784. The van der Waals surface area contributed by atoms with Crippen LogP contribution in [0.2, 0.25) is 0 Å². The van der Waals surface area contributed by atoms with E-state index in [0.29, 0.717) is 25.6 Å². The van der Waals surface area contributed by atoms with Gasteiger partial charge < -0.3 is 26.0 Å². The Bertz CT molecular complexity index is 657. The van der Waals surface area contributed by atoms with E-state index in [0.717, 1.165) is 24.2 Å². The molecule has 0 aliphatic carbocycles. The molecule has 164 valence electrons. The summed E-state index contributed by atoms with van der Waals surface area (Å²) in [7, 11) is 0. The second-order valence-electron chi connectivity index (χ2n) is 7.24. The van der Waals surface area contributed by atoms with E-state index in [1.165, 1.54) is 6.92 Å². The van der Waals surface area contributed by atoms with E-state index in [-0.39, 0.29) is 29.9 Å². The number of hydrogen-bond acceptors (Lipinski definition) is 4. The molecule has 0 aliphatic heterocycles. The van der Waals surface area contributed by atoms with Gasteiger partial charge in [0.15, 0.2) is 5.96 Å². The third-order valence-corrected chi connectivity index (χ3v) is 3.37. The standard InChI is InChI=1S/C20H33N5O3.HI/c1-6-21-18(23-13-14-24-19(27)28-20(3,4)5)22-12-11-16-7-9-17(10-8-16)25-15(2)26;/h7-10H,6,11-14H2,1-5H3,(H,24,27)(H,25,26)(H2,21,22,23);1H. The number of carbonyl (C=O) groups excluding carboxylic acids is 2. The van der Waals surface area contributed by atoms with E-state index < -0.39 is 11.7 Å². The van der Waals surface area contributed by atoms with Crippen molar-refractivity contribution in [2.45, 2.75) is 46.6 Å². The molecular weight excluding hydrogens is 485 g/mol. The zero-order chi connectivity index (χ0) is 21.0. The van der Waals surface area contributed by atoms with Crippen molar-refractivity contribution in [3.63, 3.8) is 0 Å². The normalized spacial score (nSPS) is 11.1. The third kappa shape index (κ3) is 13.7. The summed E-state index contributed by atoms with van der Waals surface area (Å²) in [6.45, 7) is 11.3. The number of anilines is 1. The minimum absolute atomic E-state index is 0. The smallest absolute Gasteiger partial charge is 0.407 e. The summed E-state index contributed by atoms with van der Waals surface area (Å²) >= 11 is 0. The molecule has 0 atom stereocenters. The van der Waals surface area contributed by atoms with Crippen LogP contribution in [0.3, 0.4) is 0 Å². The number of guanidine groups is 1. The van der Waals surface area contributed by atoms with Gasteiger partial charge in [-0.15, -0.1) is 24.0 Å². The number of alkyl carbamates (subject to hydrolysis) is 1. The molecule has 0 heterocycles. The van der Waals surface area contributed by atoms with E-state index in [1.54, 1.807) is 0 Å². The Morgan fingerprint density at radius 1 is 1.03 bits per heavy atom. The van der Waals surface area contributed by atoms with Crippen molar-refractivity contribution in [2.75, 3.05) is 31.5 Å². The highest BCUT2D eigenvalue weighted by molar-refractivity contribution is 14.0. The van der Waals surface area contributed by atoms with Crippen LogP contribution in [0, 0.1) is 0 Å². The van der Waals surface area contributed by atoms with Crippen LogP contribution < -0.4 is 21.3 Å². The predicted molar refractivity (Wildman–Crippen MR) is 128 cm³/mol. The summed E-state index contributed by atoms with van der Waals surface area (Å²) in [5.74, 6) is 0.614. The van der Waals surface area contributed by atoms with Gasteiger partial charge in [0.1, 0.15) is 5.60 Å². The lowest BCUT2D eigenvalue weighted by molar-refractivity contribution is -0.114. The van der Waals surface area contributed by atoms with Crippen LogP contribution in [0.15, 0.2) is 29.3 Å². The highest BCUT2D eigenvalue weighted by atomic mass is 127. The Morgan fingerprint density at radius 3 is 2.21 bits per heavy atom. The van der Waals surface area contributed by atoms with Gasteiger partial charge in [0.2, 0.25) is 5.91 Å². The second-order valence-corrected chi connectivity index (χ2v) is 7.24. The van der Waals surface area contributed by atoms with Crippen molar-refractivity contribution in [1.82, 2.24) is 16.0 Å². The zero-order valence-electron chi connectivity index (χ0n) is 17.9. The molecule has 0 aromatic heterocycles. The van der Waals surface area contributed by atoms with E-state index in [2.05, 4.69) is 26.3 Å². The van der Waals surface area contributed by atoms with Crippen LogP contribution in [-0.2, 0) is 16.0 Å². The number of hydrogen-bond donors (Lipinski definition) is 4. The minimum atomic E-state index is -0.506. The monoisotopic (exact) mass is 519 g/mol. The lowest BCUT2D eigenvalue weighted by Crippen LogP contribution is -2.42. The van der Waals surface area contributed by atoms with E-state index in [4.69, 9.17) is 4.74 Å². The third-order valence-electron chi connectivity index (χ3n) is 3.37. The van der Waals surface area contributed by atoms with Crippen LogP contribution >= 0.6 is 24.0 Å². The minimum Gasteiger partial charge on any atom is -0.444 e. The Labute approximate surface area is 190 Å². The van der Waals surface area contributed by atoms with Gasteiger partial charge in [0, 0.05) is 38.8 Å². The molecule has 8 nitrogen and oxygen atoms in total. The largest absolute Gasteiger partial charge is 0.444 e. The maximum atomic E-state index is 11.6. The second kappa shape index (κ2) is 14.0. The maximum absolute atomic E-state index is 11.6. The number of nitrogens with zero attached hydrogens (tertiary/aromatic N) is 1. The molecule has 0 saturated heterocycles. The number of halogens is 1. The number of carbonyl (C=O) groups is 2. The first kappa shape index (κ1) is 27.0. The molecular formula is C20H34IN5O3. The zero-order valence-corrected chi connectivity index (χ0v) is 20.3. The molecule has 9 heteroatoms. The number of benzene rings is 1. The van der Waals surface area contributed by atoms with Gasteiger partial charge in [-0.1, -0.05) is 12.1 Å². The topological polar surface area (TPSA) is 104 Å². The summed E-state index contributed by atoms with van der Waals surface area (Å²) in [6.07, 6.45) is 0.353. The quantitative estimate of drug-likeness (QED) is 0.183. The molecule has 0 aliphatic rings. The summed E-state index contributed by atoms with van der Waals surface area (Å²) < 4.78 is 5.19. The van der Waals surface area contributed by atoms with Crippen LogP contribution in [0.5, 0.6) is 0 Å². The average Bonchev–Trinajstić information content (AvgIpc) is 2.58. The summed E-state index contributed by atoms with van der Waals surface area (Å²) in [5, 5.41) is 11.8. The highest BCUT2D eigenvalue weighted by Gasteiger charge is 2.15. The molecule has 0 bridgehead atoms. The number of ether oxygens (including phenoxy) is 1. The van der Waals surface area contributed by atoms with Gasteiger partial charge in [-0.05, 0) is 51.8 Å². The van der Waals surface area contributed by atoms with E-state index in [9.17, 15) is 9.59 Å². The van der Waals surface area contributed by atoms with Gasteiger partial charge in [-0.2, -0.15) is 0 Å². The van der Waals surface area contributed by atoms with Gasteiger partial charge in [-0.3, -0.25) is 9.79 Å². The number of aliphatic imine (C=N–C) groups is 1. The molecule has 1 aromatic carbocycles. The van der Waals surface area contributed by atoms with E-state index in [1.807, 2.05) is 52.0 Å². The van der Waals surface area contributed by atoms with Crippen LogP contribution in [0.4, 0.5) is 10.5 Å². The molecule has 1 aromatic rings. The summed E-state index contributed by atoms with van der Waals surface area (Å²) in [5.41, 5.74) is 1.42. The van der Waals surface area contributed by atoms with Crippen molar-refractivity contribution in [2.24, 2.45) is 4.99 Å². The molecule has 0 fully saturated rings. The lowest BCUT2D eigenvalue weighted by atomic mass is 10.1. The summed E-state index contributed by atoms with van der Waals surface area (Å²) in [4.78, 5) is 27.2. The number of rotatable bonds is 8. The SMILES string of the molecule is CCNC(=NCCc1ccc(NC(C)=O)cc1)NCCNC(=O)OC(C)(C)C.I. The van der Waals surface area contributed by atoms with Crippen molar-refractivity contribution in [1.29, 1.82) is 0 Å². The van der Waals surface area contributed by atoms with Gasteiger partial charge in [-0.25, -0.2) is 4.79 Å². The van der Waals surface area contributed by atoms with Gasteiger partial charge >= 0.3 is 6.09 Å².